The van der Waals surface area contributed by atoms with Gasteiger partial charge in [0.25, 0.3) is 5.91 Å². The topological polar surface area (TPSA) is 88.6 Å². The van der Waals surface area contributed by atoms with Crippen molar-refractivity contribution in [3.05, 3.63) is 53.5 Å². The number of aryl methyl sites for hydroxylation is 1. The second kappa shape index (κ2) is 7.53. The van der Waals surface area contributed by atoms with Crippen LogP contribution >= 0.6 is 0 Å². The van der Waals surface area contributed by atoms with E-state index in [9.17, 15) is 9.59 Å². The summed E-state index contributed by atoms with van der Waals surface area (Å²) < 4.78 is 5.50. The summed E-state index contributed by atoms with van der Waals surface area (Å²) in [7, 11) is 0. The van der Waals surface area contributed by atoms with Gasteiger partial charge in [-0.1, -0.05) is 25.1 Å². The minimum absolute atomic E-state index is 0.235. The Morgan fingerprint density at radius 3 is 2.80 bits per heavy atom. The molecular weight excluding hydrogens is 318 g/mol. The van der Waals surface area contributed by atoms with Crippen LogP contribution in [0.4, 0.5) is 5.69 Å². The maximum Gasteiger partial charge on any atom is 0.291 e. The van der Waals surface area contributed by atoms with Crippen LogP contribution in [0.1, 0.15) is 41.6 Å². The zero-order valence-electron chi connectivity index (χ0n) is 14.3. The van der Waals surface area contributed by atoms with E-state index < -0.39 is 0 Å². The fourth-order valence-corrected chi connectivity index (χ4v) is 3.21. The van der Waals surface area contributed by atoms with Gasteiger partial charge in [-0.2, -0.15) is 0 Å². The summed E-state index contributed by atoms with van der Waals surface area (Å²) in [5.41, 5.74) is 7.16. The monoisotopic (exact) mass is 341 g/mol. The smallest absolute Gasteiger partial charge is 0.291 e. The molecule has 1 fully saturated rings. The van der Waals surface area contributed by atoms with E-state index in [0.29, 0.717) is 12.3 Å². The summed E-state index contributed by atoms with van der Waals surface area (Å²) in [5.74, 6) is 0.504. The predicted molar refractivity (Wildman–Crippen MR) is 95.1 cm³/mol. The van der Waals surface area contributed by atoms with Crippen molar-refractivity contribution in [3.8, 4) is 0 Å². The summed E-state index contributed by atoms with van der Waals surface area (Å²) >= 11 is 0. The third-order valence-electron chi connectivity index (χ3n) is 4.56. The Morgan fingerprint density at radius 1 is 1.28 bits per heavy atom. The SMILES string of the molecule is CCc1ccc(C(=O)Nc2ccccc2CN2CCC[C@@H]2C(N)=O)o1. The molecule has 1 aliphatic heterocycles. The molecule has 1 aromatic heterocycles. The Morgan fingerprint density at radius 2 is 2.08 bits per heavy atom. The molecule has 2 aromatic rings. The van der Waals surface area contributed by atoms with Gasteiger partial charge in [-0.25, -0.2) is 0 Å². The van der Waals surface area contributed by atoms with Gasteiger partial charge < -0.3 is 15.5 Å². The number of nitrogens with zero attached hydrogens (tertiary/aromatic N) is 1. The number of carbonyl (C=O) groups is 2. The third-order valence-corrected chi connectivity index (χ3v) is 4.56. The number of furan rings is 1. The highest BCUT2D eigenvalue weighted by molar-refractivity contribution is 6.02. The zero-order chi connectivity index (χ0) is 17.8. The van der Waals surface area contributed by atoms with E-state index >= 15 is 0 Å². The van der Waals surface area contributed by atoms with Crippen molar-refractivity contribution in [2.45, 2.75) is 38.8 Å². The first-order valence-electron chi connectivity index (χ1n) is 8.59. The van der Waals surface area contributed by atoms with Crippen LogP contribution in [0.15, 0.2) is 40.8 Å². The molecule has 25 heavy (non-hydrogen) atoms. The third kappa shape index (κ3) is 3.91. The van der Waals surface area contributed by atoms with E-state index in [-0.39, 0.29) is 17.9 Å². The Labute approximate surface area is 147 Å². The molecule has 0 radical (unpaired) electrons. The van der Waals surface area contributed by atoms with Crippen molar-refractivity contribution in [1.29, 1.82) is 0 Å². The predicted octanol–water partition coefficient (Wildman–Crippen LogP) is 2.54. The number of hydrogen-bond donors (Lipinski definition) is 2. The molecule has 1 atom stereocenters. The first kappa shape index (κ1) is 17.2. The lowest BCUT2D eigenvalue weighted by Gasteiger charge is -2.23. The van der Waals surface area contributed by atoms with Crippen molar-refractivity contribution in [2.24, 2.45) is 5.73 Å². The van der Waals surface area contributed by atoms with E-state index in [0.717, 1.165) is 42.8 Å². The van der Waals surface area contributed by atoms with Crippen LogP contribution in [-0.2, 0) is 17.8 Å². The Hall–Kier alpha value is -2.60. The number of anilines is 1. The molecule has 0 unspecified atom stereocenters. The molecule has 1 aliphatic rings. The minimum Gasteiger partial charge on any atom is -0.456 e. The lowest BCUT2D eigenvalue weighted by atomic mass is 10.1. The fraction of sp³-hybridized carbons (Fsp3) is 0.368. The second-order valence-corrected chi connectivity index (χ2v) is 6.26. The van der Waals surface area contributed by atoms with Gasteiger partial charge in [-0.15, -0.1) is 0 Å². The number of nitrogens with one attached hydrogen (secondary N) is 1. The van der Waals surface area contributed by atoms with E-state index in [1.54, 1.807) is 6.07 Å². The maximum atomic E-state index is 12.4. The lowest BCUT2D eigenvalue weighted by Crippen LogP contribution is -2.39. The Balaban J connectivity index is 1.74. The van der Waals surface area contributed by atoms with Crippen LogP contribution in [0, 0.1) is 0 Å². The van der Waals surface area contributed by atoms with Crippen LogP contribution in [0.5, 0.6) is 0 Å². The van der Waals surface area contributed by atoms with Crippen LogP contribution in [0.2, 0.25) is 0 Å². The average Bonchev–Trinajstić information content (AvgIpc) is 3.25. The molecule has 1 saturated heterocycles. The molecule has 3 rings (SSSR count). The average molecular weight is 341 g/mol. The van der Waals surface area contributed by atoms with Crippen LogP contribution in [0.3, 0.4) is 0 Å². The minimum atomic E-state index is -0.290. The van der Waals surface area contributed by atoms with E-state index in [4.69, 9.17) is 10.2 Å². The van der Waals surface area contributed by atoms with Gasteiger partial charge in [0.15, 0.2) is 5.76 Å². The van der Waals surface area contributed by atoms with Crippen LogP contribution in [-0.4, -0.2) is 29.3 Å². The summed E-state index contributed by atoms with van der Waals surface area (Å²) in [6.07, 6.45) is 2.48. The summed E-state index contributed by atoms with van der Waals surface area (Å²) in [6, 6.07) is 10.8. The molecule has 2 heterocycles. The first-order valence-corrected chi connectivity index (χ1v) is 8.59. The number of primary amides is 1. The zero-order valence-corrected chi connectivity index (χ0v) is 14.3. The maximum absolute atomic E-state index is 12.4. The highest BCUT2D eigenvalue weighted by atomic mass is 16.3. The normalized spacial score (nSPS) is 17.6. The number of nitrogens with two attached hydrogens (primary N) is 1. The Kier molecular flexibility index (Phi) is 5.19. The number of likely N-dealkylation sites (tertiary alicyclic amines) is 1. The molecule has 132 valence electrons. The van der Waals surface area contributed by atoms with E-state index in [2.05, 4.69) is 10.2 Å². The molecule has 0 spiro atoms. The standard InChI is InChI=1S/C19H23N3O3/c1-2-14-9-10-17(25-14)19(24)21-15-7-4-3-6-13(15)12-22-11-5-8-16(22)18(20)23/h3-4,6-7,9-10,16H,2,5,8,11-12H2,1H3,(H2,20,23)(H,21,24)/t16-/m1/s1. The van der Waals surface area contributed by atoms with Gasteiger partial charge in [0.1, 0.15) is 5.76 Å². The highest BCUT2D eigenvalue weighted by Crippen LogP contribution is 2.24. The summed E-state index contributed by atoms with van der Waals surface area (Å²) in [4.78, 5) is 26.1. The van der Waals surface area contributed by atoms with Crippen LogP contribution < -0.4 is 11.1 Å². The number of benzene rings is 1. The summed E-state index contributed by atoms with van der Waals surface area (Å²) in [6.45, 7) is 3.37. The van der Waals surface area contributed by atoms with Gasteiger partial charge in [0, 0.05) is 18.7 Å². The largest absolute Gasteiger partial charge is 0.456 e. The molecule has 0 saturated carbocycles. The van der Waals surface area contributed by atoms with Gasteiger partial charge in [0.05, 0.1) is 6.04 Å². The molecule has 2 amide bonds. The van der Waals surface area contributed by atoms with Gasteiger partial charge >= 0.3 is 0 Å². The van der Waals surface area contributed by atoms with E-state index in [1.165, 1.54) is 0 Å². The fourth-order valence-electron chi connectivity index (χ4n) is 3.21. The van der Waals surface area contributed by atoms with Crippen LogP contribution in [0.25, 0.3) is 0 Å². The van der Waals surface area contributed by atoms with Crippen molar-refractivity contribution < 1.29 is 14.0 Å². The lowest BCUT2D eigenvalue weighted by molar-refractivity contribution is -0.122. The number of para-hydroxylation sites is 1. The molecule has 0 bridgehead atoms. The first-order chi connectivity index (χ1) is 12.1. The van der Waals surface area contributed by atoms with Crippen molar-refractivity contribution in [3.63, 3.8) is 0 Å². The molecule has 3 N–H and O–H groups in total. The highest BCUT2D eigenvalue weighted by Gasteiger charge is 2.29. The molecule has 6 heteroatoms. The van der Waals surface area contributed by atoms with Gasteiger partial charge in [-0.3, -0.25) is 14.5 Å². The van der Waals surface area contributed by atoms with Crippen molar-refractivity contribution in [2.75, 3.05) is 11.9 Å². The molecule has 6 nitrogen and oxygen atoms in total. The number of carbonyl (C=O) groups excluding carboxylic acids is 2. The number of amides is 2. The molecule has 0 aliphatic carbocycles. The molecule has 1 aromatic carbocycles. The number of hydrogen-bond acceptors (Lipinski definition) is 4. The van der Waals surface area contributed by atoms with Crippen molar-refractivity contribution >= 4 is 17.5 Å². The Bertz CT molecular complexity index is 769. The van der Waals surface area contributed by atoms with Crippen molar-refractivity contribution in [1.82, 2.24) is 4.90 Å². The quantitative estimate of drug-likeness (QED) is 0.845. The van der Waals surface area contributed by atoms with E-state index in [1.807, 2.05) is 37.3 Å². The number of rotatable bonds is 6. The van der Waals surface area contributed by atoms with Gasteiger partial charge in [-0.05, 0) is 43.1 Å². The second-order valence-electron chi connectivity index (χ2n) is 6.26. The van der Waals surface area contributed by atoms with Gasteiger partial charge in [0.2, 0.25) is 5.91 Å². The summed E-state index contributed by atoms with van der Waals surface area (Å²) in [5, 5.41) is 2.91. The molecular formula is C19H23N3O3.